The Morgan fingerprint density at radius 2 is 1.88 bits per heavy atom. The molecule has 0 bridgehead atoms. The molecule has 134 valence electrons. The van der Waals surface area contributed by atoms with Gasteiger partial charge in [0.1, 0.15) is 23.4 Å². The van der Waals surface area contributed by atoms with Crippen molar-refractivity contribution in [3.8, 4) is 0 Å². The third-order valence-corrected chi connectivity index (χ3v) is 3.40. The van der Waals surface area contributed by atoms with Gasteiger partial charge in [0.2, 0.25) is 0 Å². The molecule has 0 spiro atoms. The zero-order chi connectivity index (χ0) is 18.4. The van der Waals surface area contributed by atoms with Crippen molar-refractivity contribution >= 4 is 11.9 Å². The van der Waals surface area contributed by atoms with E-state index in [9.17, 15) is 18.4 Å². The van der Waals surface area contributed by atoms with E-state index in [1.165, 1.54) is 31.3 Å². The van der Waals surface area contributed by atoms with Crippen LogP contribution in [-0.2, 0) is 20.9 Å². The van der Waals surface area contributed by atoms with E-state index >= 15 is 0 Å². The second-order valence-corrected chi connectivity index (χ2v) is 5.47. The molecule has 0 aliphatic rings. The van der Waals surface area contributed by atoms with Crippen molar-refractivity contribution in [2.24, 2.45) is 0 Å². The maximum atomic E-state index is 13.9. The second kappa shape index (κ2) is 8.39. The molecule has 1 heterocycles. The van der Waals surface area contributed by atoms with E-state index in [0.29, 0.717) is 5.76 Å². The standard InChI is InChI=1S/C17H18F2N2O4/c1-21(2)16(15-12(18)6-3-7-13(15)19)17(23)25-10-14(22)20-9-11-5-4-8-24-11/h3-8,16H,9-10H2,1-2H3,(H,20,22). The fraction of sp³-hybridized carbons (Fsp3) is 0.294. The van der Waals surface area contributed by atoms with Crippen LogP contribution in [0, 0.1) is 11.6 Å². The van der Waals surface area contributed by atoms with Crippen LogP contribution in [0.15, 0.2) is 41.0 Å². The van der Waals surface area contributed by atoms with Gasteiger partial charge in [0.05, 0.1) is 18.4 Å². The summed E-state index contributed by atoms with van der Waals surface area (Å²) in [5.41, 5.74) is -0.423. The lowest BCUT2D eigenvalue weighted by Crippen LogP contribution is -2.34. The first-order chi connectivity index (χ1) is 11.9. The molecular formula is C17H18F2N2O4. The van der Waals surface area contributed by atoms with Gasteiger partial charge in [0.15, 0.2) is 6.61 Å². The molecule has 1 aromatic heterocycles. The largest absolute Gasteiger partial charge is 0.467 e. The number of esters is 1. The summed E-state index contributed by atoms with van der Waals surface area (Å²) in [4.78, 5) is 25.3. The molecule has 8 heteroatoms. The van der Waals surface area contributed by atoms with E-state index in [4.69, 9.17) is 9.15 Å². The number of ether oxygens (including phenoxy) is 1. The Morgan fingerprint density at radius 3 is 2.44 bits per heavy atom. The van der Waals surface area contributed by atoms with Gasteiger partial charge in [-0.25, -0.2) is 13.6 Å². The quantitative estimate of drug-likeness (QED) is 0.772. The third kappa shape index (κ3) is 4.87. The van der Waals surface area contributed by atoms with Crippen molar-refractivity contribution < 1.29 is 27.5 Å². The summed E-state index contributed by atoms with van der Waals surface area (Å²) in [6, 6.07) is 5.35. The van der Waals surface area contributed by atoms with Gasteiger partial charge in [-0.2, -0.15) is 0 Å². The van der Waals surface area contributed by atoms with Crippen LogP contribution in [0.1, 0.15) is 17.4 Å². The van der Waals surface area contributed by atoms with E-state index < -0.39 is 41.7 Å². The lowest BCUT2D eigenvalue weighted by Gasteiger charge is -2.23. The highest BCUT2D eigenvalue weighted by molar-refractivity contribution is 5.83. The van der Waals surface area contributed by atoms with Crippen molar-refractivity contribution in [3.05, 3.63) is 59.6 Å². The number of hydrogen-bond acceptors (Lipinski definition) is 5. The molecule has 1 N–H and O–H groups in total. The second-order valence-electron chi connectivity index (χ2n) is 5.47. The van der Waals surface area contributed by atoms with E-state index in [1.807, 2.05) is 0 Å². The first-order valence-corrected chi connectivity index (χ1v) is 7.46. The molecule has 1 aromatic carbocycles. The summed E-state index contributed by atoms with van der Waals surface area (Å²) in [7, 11) is 2.96. The molecule has 0 saturated heterocycles. The van der Waals surface area contributed by atoms with Crippen molar-refractivity contribution in [2.45, 2.75) is 12.6 Å². The van der Waals surface area contributed by atoms with Crippen molar-refractivity contribution in [1.29, 1.82) is 0 Å². The fourth-order valence-corrected chi connectivity index (χ4v) is 2.22. The Kier molecular flexibility index (Phi) is 6.24. The number of nitrogens with one attached hydrogen (secondary N) is 1. The van der Waals surface area contributed by atoms with Crippen molar-refractivity contribution in [2.75, 3.05) is 20.7 Å². The molecule has 0 saturated carbocycles. The molecule has 0 aliphatic carbocycles. The normalized spacial score (nSPS) is 12.0. The number of benzene rings is 1. The lowest BCUT2D eigenvalue weighted by atomic mass is 10.0. The van der Waals surface area contributed by atoms with E-state index in [2.05, 4.69) is 5.32 Å². The Hall–Kier alpha value is -2.74. The van der Waals surface area contributed by atoms with Crippen molar-refractivity contribution in [1.82, 2.24) is 10.2 Å². The third-order valence-electron chi connectivity index (χ3n) is 3.40. The molecule has 25 heavy (non-hydrogen) atoms. The minimum absolute atomic E-state index is 0.141. The molecule has 1 unspecified atom stereocenters. The van der Waals surface area contributed by atoms with Gasteiger partial charge >= 0.3 is 5.97 Å². The van der Waals surface area contributed by atoms with Crippen LogP contribution < -0.4 is 5.32 Å². The van der Waals surface area contributed by atoms with Crippen LogP contribution in [0.3, 0.4) is 0 Å². The number of amides is 1. The van der Waals surface area contributed by atoms with Crippen LogP contribution in [-0.4, -0.2) is 37.5 Å². The summed E-state index contributed by atoms with van der Waals surface area (Å²) in [6.45, 7) is -0.428. The average Bonchev–Trinajstić information content (AvgIpc) is 3.07. The molecule has 1 amide bonds. The van der Waals surface area contributed by atoms with Gasteiger partial charge in [-0.1, -0.05) is 6.07 Å². The number of hydrogen-bond donors (Lipinski definition) is 1. The molecule has 0 aliphatic heterocycles. The highest BCUT2D eigenvalue weighted by Gasteiger charge is 2.30. The van der Waals surface area contributed by atoms with Crippen LogP contribution >= 0.6 is 0 Å². The zero-order valence-corrected chi connectivity index (χ0v) is 13.8. The molecule has 0 radical (unpaired) electrons. The monoisotopic (exact) mass is 352 g/mol. The SMILES string of the molecule is CN(C)C(C(=O)OCC(=O)NCc1ccco1)c1c(F)cccc1F. The Bertz CT molecular complexity index is 712. The van der Waals surface area contributed by atoms with Gasteiger partial charge in [-0.3, -0.25) is 9.69 Å². The number of furan rings is 1. The Balaban J connectivity index is 1.98. The highest BCUT2D eigenvalue weighted by atomic mass is 19.1. The first-order valence-electron chi connectivity index (χ1n) is 7.46. The topological polar surface area (TPSA) is 71.8 Å². The summed E-state index contributed by atoms with van der Waals surface area (Å²) in [6.07, 6.45) is 1.46. The lowest BCUT2D eigenvalue weighted by molar-refractivity contribution is -0.153. The predicted molar refractivity (Wildman–Crippen MR) is 84.3 cm³/mol. The Morgan fingerprint density at radius 1 is 1.20 bits per heavy atom. The highest BCUT2D eigenvalue weighted by Crippen LogP contribution is 2.25. The summed E-state index contributed by atoms with van der Waals surface area (Å²) >= 11 is 0. The van der Waals surface area contributed by atoms with E-state index in [-0.39, 0.29) is 6.54 Å². The van der Waals surface area contributed by atoms with Crippen molar-refractivity contribution in [3.63, 3.8) is 0 Å². The number of likely N-dealkylation sites (N-methyl/N-ethyl adjacent to an activating group) is 1. The summed E-state index contributed by atoms with van der Waals surface area (Å²) in [5.74, 6) is -2.67. The molecule has 0 fully saturated rings. The number of rotatable bonds is 7. The van der Waals surface area contributed by atoms with Crippen LogP contribution in [0.4, 0.5) is 8.78 Å². The van der Waals surface area contributed by atoms with E-state index in [1.54, 1.807) is 12.1 Å². The van der Waals surface area contributed by atoms with Gasteiger partial charge in [-0.05, 0) is 38.4 Å². The minimum Gasteiger partial charge on any atom is -0.467 e. The summed E-state index contributed by atoms with van der Waals surface area (Å²) in [5, 5.41) is 2.50. The smallest absolute Gasteiger partial charge is 0.328 e. The van der Waals surface area contributed by atoms with Crippen LogP contribution in [0.25, 0.3) is 0 Å². The zero-order valence-electron chi connectivity index (χ0n) is 13.8. The molecule has 2 aromatic rings. The molecule has 6 nitrogen and oxygen atoms in total. The van der Waals surface area contributed by atoms with Gasteiger partial charge < -0.3 is 14.5 Å². The number of carbonyl (C=O) groups excluding carboxylic acids is 2. The van der Waals surface area contributed by atoms with Gasteiger partial charge in [-0.15, -0.1) is 0 Å². The molecule has 1 atom stereocenters. The summed E-state index contributed by atoms with van der Waals surface area (Å²) < 4.78 is 37.8. The maximum Gasteiger partial charge on any atom is 0.328 e. The number of carbonyl (C=O) groups is 2. The first kappa shape index (κ1) is 18.6. The van der Waals surface area contributed by atoms with Crippen LogP contribution in [0.5, 0.6) is 0 Å². The van der Waals surface area contributed by atoms with Gasteiger partial charge in [0, 0.05) is 0 Å². The molecular weight excluding hydrogens is 334 g/mol. The Labute approximate surface area is 143 Å². The average molecular weight is 352 g/mol. The van der Waals surface area contributed by atoms with Crippen LogP contribution in [0.2, 0.25) is 0 Å². The minimum atomic E-state index is -1.31. The predicted octanol–water partition coefficient (Wildman–Crippen LogP) is 2.02. The van der Waals surface area contributed by atoms with Gasteiger partial charge in [0.25, 0.3) is 5.91 Å². The number of nitrogens with zero attached hydrogens (tertiary/aromatic N) is 1. The molecule has 2 rings (SSSR count). The number of halogens is 2. The fourth-order valence-electron chi connectivity index (χ4n) is 2.22. The van der Waals surface area contributed by atoms with E-state index in [0.717, 1.165) is 12.1 Å². The maximum absolute atomic E-state index is 13.9.